The highest BCUT2D eigenvalue weighted by Gasteiger charge is 2.30. The van der Waals surface area contributed by atoms with Gasteiger partial charge in [-0.15, -0.1) is 0 Å². The van der Waals surface area contributed by atoms with Gasteiger partial charge in [0.2, 0.25) is 6.10 Å². The second-order valence-electron chi connectivity index (χ2n) is 4.07. The number of benzene rings is 1. The van der Waals surface area contributed by atoms with E-state index in [2.05, 4.69) is 0 Å². The van der Waals surface area contributed by atoms with Gasteiger partial charge in [0.05, 0.1) is 0 Å². The lowest BCUT2D eigenvalue weighted by Crippen LogP contribution is -2.42. The zero-order valence-corrected chi connectivity index (χ0v) is 10.4. The summed E-state index contributed by atoms with van der Waals surface area (Å²) in [6.45, 7) is 3.46. The molecule has 0 bridgehead atoms. The van der Waals surface area contributed by atoms with Crippen LogP contribution in [0.1, 0.15) is 13.8 Å². The molecule has 0 saturated carbocycles. The number of hydrogen-bond acceptors (Lipinski definition) is 3. The van der Waals surface area contributed by atoms with Crippen molar-refractivity contribution in [1.29, 1.82) is 0 Å². The van der Waals surface area contributed by atoms with E-state index in [-0.39, 0.29) is 5.92 Å². The molecule has 1 rings (SSSR count). The Morgan fingerprint density at radius 3 is 2.24 bits per heavy atom. The SMILES string of the molecule is CC(C)C(O)C(Oc1ccc(Cl)cc1)C(=O)O. The van der Waals surface area contributed by atoms with Crippen LogP contribution in [0.25, 0.3) is 0 Å². The summed E-state index contributed by atoms with van der Waals surface area (Å²) in [7, 11) is 0. The molecule has 0 heterocycles. The molecule has 17 heavy (non-hydrogen) atoms. The molecule has 0 aliphatic heterocycles. The van der Waals surface area contributed by atoms with E-state index in [0.29, 0.717) is 10.8 Å². The van der Waals surface area contributed by atoms with Gasteiger partial charge in [-0.05, 0) is 30.2 Å². The van der Waals surface area contributed by atoms with Crippen molar-refractivity contribution in [2.45, 2.75) is 26.1 Å². The zero-order chi connectivity index (χ0) is 13.0. The number of carboxylic acid groups (broad SMARTS) is 1. The summed E-state index contributed by atoms with van der Waals surface area (Å²) >= 11 is 5.70. The Morgan fingerprint density at radius 2 is 1.82 bits per heavy atom. The topological polar surface area (TPSA) is 66.8 Å². The second-order valence-corrected chi connectivity index (χ2v) is 4.50. The summed E-state index contributed by atoms with van der Waals surface area (Å²) in [6, 6.07) is 6.31. The van der Waals surface area contributed by atoms with Crippen molar-refractivity contribution in [3.63, 3.8) is 0 Å². The lowest BCUT2D eigenvalue weighted by molar-refractivity contribution is -0.152. The lowest BCUT2D eigenvalue weighted by atomic mass is 10.0. The average Bonchev–Trinajstić information content (AvgIpc) is 2.26. The third-order valence-corrected chi connectivity index (χ3v) is 2.57. The van der Waals surface area contributed by atoms with E-state index in [1.54, 1.807) is 38.1 Å². The molecule has 2 unspecified atom stereocenters. The van der Waals surface area contributed by atoms with Gasteiger partial charge in [0.15, 0.2) is 0 Å². The molecule has 2 N–H and O–H groups in total. The minimum Gasteiger partial charge on any atom is -0.478 e. The van der Waals surface area contributed by atoms with Gasteiger partial charge in [-0.2, -0.15) is 0 Å². The van der Waals surface area contributed by atoms with Gasteiger partial charge in [-0.1, -0.05) is 25.4 Å². The molecular weight excluding hydrogens is 244 g/mol. The van der Waals surface area contributed by atoms with Crippen molar-refractivity contribution in [1.82, 2.24) is 0 Å². The van der Waals surface area contributed by atoms with Crippen molar-refractivity contribution >= 4 is 17.6 Å². The van der Waals surface area contributed by atoms with E-state index in [4.69, 9.17) is 21.4 Å². The molecule has 0 saturated heterocycles. The summed E-state index contributed by atoms with van der Waals surface area (Å²) < 4.78 is 5.25. The van der Waals surface area contributed by atoms with E-state index >= 15 is 0 Å². The van der Waals surface area contributed by atoms with Gasteiger partial charge < -0.3 is 14.9 Å². The molecule has 0 spiro atoms. The number of aliphatic hydroxyl groups is 1. The molecule has 0 aliphatic carbocycles. The number of ether oxygens (including phenoxy) is 1. The largest absolute Gasteiger partial charge is 0.478 e. The van der Waals surface area contributed by atoms with Gasteiger partial charge >= 0.3 is 5.97 Å². The number of hydrogen-bond donors (Lipinski definition) is 2. The number of aliphatic carboxylic acids is 1. The normalized spacial score (nSPS) is 14.4. The lowest BCUT2D eigenvalue weighted by Gasteiger charge is -2.23. The van der Waals surface area contributed by atoms with Crippen molar-refractivity contribution in [3.8, 4) is 5.75 Å². The van der Waals surface area contributed by atoms with Crippen LogP contribution in [-0.4, -0.2) is 28.4 Å². The maximum atomic E-state index is 11.0. The third-order valence-electron chi connectivity index (χ3n) is 2.31. The summed E-state index contributed by atoms with van der Waals surface area (Å²) in [5.74, 6) is -1.04. The van der Waals surface area contributed by atoms with Crippen molar-refractivity contribution in [2.75, 3.05) is 0 Å². The van der Waals surface area contributed by atoms with Crippen LogP contribution in [0.3, 0.4) is 0 Å². The van der Waals surface area contributed by atoms with Crippen molar-refractivity contribution < 1.29 is 19.7 Å². The highest BCUT2D eigenvalue weighted by molar-refractivity contribution is 6.30. The average molecular weight is 259 g/mol. The second kappa shape index (κ2) is 5.89. The summed E-state index contributed by atoms with van der Waals surface area (Å²) in [5, 5.41) is 19.3. The maximum absolute atomic E-state index is 11.0. The molecule has 0 aliphatic rings. The van der Waals surface area contributed by atoms with Crippen LogP contribution in [0.2, 0.25) is 5.02 Å². The number of rotatable bonds is 5. The molecule has 94 valence electrons. The third kappa shape index (κ3) is 3.91. The monoisotopic (exact) mass is 258 g/mol. The predicted octanol–water partition coefficient (Wildman–Crippen LogP) is 2.19. The fourth-order valence-corrected chi connectivity index (χ4v) is 1.40. The Kier molecular flexibility index (Phi) is 4.78. The minimum absolute atomic E-state index is 0.205. The molecule has 1 aromatic rings. The van der Waals surface area contributed by atoms with Gasteiger partial charge in [0.1, 0.15) is 11.9 Å². The standard InChI is InChI=1S/C12H15ClO4/c1-7(2)10(14)11(12(15)16)17-9-5-3-8(13)4-6-9/h3-7,10-11,14H,1-2H3,(H,15,16). The first-order valence-corrected chi connectivity index (χ1v) is 5.62. The van der Waals surface area contributed by atoms with E-state index < -0.39 is 18.2 Å². The molecule has 4 nitrogen and oxygen atoms in total. The highest BCUT2D eigenvalue weighted by Crippen LogP contribution is 2.19. The smallest absolute Gasteiger partial charge is 0.347 e. The molecule has 1 aromatic carbocycles. The molecule has 0 radical (unpaired) electrons. The summed E-state index contributed by atoms with van der Waals surface area (Å²) in [6.07, 6.45) is -2.35. The molecular formula is C12H15ClO4. The minimum atomic E-state index is -1.28. The van der Waals surface area contributed by atoms with E-state index in [1.807, 2.05) is 0 Å². The van der Waals surface area contributed by atoms with Crippen LogP contribution < -0.4 is 4.74 Å². The fraction of sp³-hybridized carbons (Fsp3) is 0.417. The Bertz CT molecular complexity index is 375. The van der Waals surface area contributed by atoms with Crippen LogP contribution in [0.4, 0.5) is 0 Å². The summed E-state index contributed by atoms with van der Waals surface area (Å²) in [4.78, 5) is 11.0. The number of aliphatic hydroxyl groups excluding tert-OH is 1. The molecule has 0 aromatic heterocycles. The number of carbonyl (C=O) groups is 1. The van der Waals surface area contributed by atoms with Crippen molar-refractivity contribution in [3.05, 3.63) is 29.3 Å². The van der Waals surface area contributed by atoms with E-state index in [1.165, 1.54) is 0 Å². The molecule has 5 heteroatoms. The quantitative estimate of drug-likeness (QED) is 0.850. The van der Waals surface area contributed by atoms with Crippen LogP contribution in [-0.2, 0) is 4.79 Å². The van der Waals surface area contributed by atoms with Crippen LogP contribution in [0.5, 0.6) is 5.75 Å². The molecule has 0 amide bonds. The van der Waals surface area contributed by atoms with E-state index in [9.17, 15) is 9.90 Å². The number of halogens is 1. The van der Waals surface area contributed by atoms with Crippen molar-refractivity contribution in [2.24, 2.45) is 5.92 Å². The van der Waals surface area contributed by atoms with Gasteiger partial charge in [-0.3, -0.25) is 0 Å². The fourth-order valence-electron chi connectivity index (χ4n) is 1.28. The van der Waals surface area contributed by atoms with Crippen LogP contribution in [0.15, 0.2) is 24.3 Å². The summed E-state index contributed by atoms with van der Waals surface area (Å²) in [5.41, 5.74) is 0. The first kappa shape index (κ1) is 13.8. The first-order chi connectivity index (χ1) is 7.91. The van der Waals surface area contributed by atoms with Gasteiger partial charge in [-0.25, -0.2) is 4.79 Å². The highest BCUT2D eigenvalue weighted by atomic mass is 35.5. The Labute approximate surface area is 105 Å². The van der Waals surface area contributed by atoms with Gasteiger partial charge in [0.25, 0.3) is 0 Å². The zero-order valence-electron chi connectivity index (χ0n) is 9.63. The van der Waals surface area contributed by atoms with E-state index in [0.717, 1.165) is 0 Å². The Hall–Kier alpha value is -1.26. The first-order valence-electron chi connectivity index (χ1n) is 5.25. The molecule has 2 atom stereocenters. The number of carboxylic acids is 1. The molecule has 0 fully saturated rings. The van der Waals surface area contributed by atoms with Crippen LogP contribution >= 0.6 is 11.6 Å². The van der Waals surface area contributed by atoms with Gasteiger partial charge in [0, 0.05) is 5.02 Å². The predicted molar refractivity (Wildman–Crippen MR) is 64.3 cm³/mol. The maximum Gasteiger partial charge on any atom is 0.347 e. The van der Waals surface area contributed by atoms with Crippen LogP contribution in [0, 0.1) is 5.92 Å². The Morgan fingerprint density at radius 1 is 1.29 bits per heavy atom. The Balaban J connectivity index is 2.80.